The number of hydrogen-bond donors (Lipinski definition) is 1. The van der Waals surface area contributed by atoms with Gasteiger partial charge in [0.1, 0.15) is 11.9 Å². The van der Waals surface area contributed by atoms with E-state index in [2.05, 4.69) is 15.3 Å². The molecule has 1 N–H and O–H groups in total. The largest absolute Gasteiger partial charge is 0.378 e. The van der Waals surface area contributed by atoms with Crippen molar-refractivity contribution < 1.29 is 13.2 Å². The third-order valence-corrected chi connectivity index (χ3v) is 5.20. The molecule has 1 atom stereocenters. The van der Waals surface area contributed by atoms with Crippen molar-refractivity contribution in [2.24, 2.45) is 0 Å². The minimum absolute atomic E-state index is 0.229. The molecule has 22 heavy (non-hydrogen) atoms. The number of aromatic nitrogens is 2. The molecule has 1 aromatic rings. The van der Waals surface area contributed by atoms with E-state index in [4.69, 9.17) is 4.74 Å². The lowest BCUT2D eigenvalue weighted by atomic mass is 10.2. The lowest BCUT2D eigenvalue weighted by molar-refractivity contribution is 0.0269. The first-order valence-electron chi connectivity index (χ1n) is 7.19. The van der Waals surface area contributed by atoms with Crippen LogP contribution in [-0.2, 0) is 14.9 Å². The molecule has 0 bridgehead atoms. The van der Waals surface area contributed by atoms with E-state index in [1.807, 2.05) is 13.8 Å². The number of nitrogens with one attached hydrogen (secondary N) is 1. The zero-order chi connectivity index (χ0) is 16.3. The molecule has 0 aromatic carbocycles. The maximum atomic E-state index is 12.5. The summed E-state index contributed by atoms with van der Waals surface area (Å²) in [6.07, 6.45) is 1.63. The molecule has 1 saturated heterocycles. The fraction of sp³-hybridized carbons (Fsp3) is 0.692. The smallest absolute Gasteiger partial charge is 0.282 e. The van der Waals surface area contributed by atoms with Gasteiger partial charge in [-0.25, -0.2) is 9.97 Å². The summed E-state index contributed by atoms with van der Waals surface area (Å²) >= 11 is 0. The lowest BCUT2D eigenvalue weighted by Gasteiger charge is -2.35. The van der Waals surface area contributed by atoms with Crippen molar-refractivity contribution in [3.63, 3.8) is 0 Å². The zero-order valence-electron chi connectivity index (χ0n) is 13.4. The first-order chi connectivity index (χ1) is 10.3. The molecule has 0 saturated carbocycles. The Balaban J connectivity index is 2.32. The Hall–Kier alpha value is -1.29. The predicted molar refractivity (Wildman–Crippen MR) is 83.7 cm³/mol. The lowest BCUT2D eigenvalue weighted by Crippen LogP contribution is -2.48. The number of anilines is 1. The Morgan fingerprint density at radius 1 is 1.45 bits per heavy atom. The Bertz CT molecular complexity index is 605. The Kier molecular flexibility index (Phi) is 5.32. The summed E-state index contributed by atoms with van der Waals surface area (Å²) in [4.78, 5) is 8.67. The van der Waals surface area contributed by atoms with Gasteiger partial charge in [0.25, 0.3) is 10.2 Å². The molecule has 2 heterocycles. The van der Waals surface area contributed by atoms with Crippen LogP contribution in [0.3, 0.4) is 0 Å². The van der Waals surface area contributed by atoms with Crippen LogP contribution >= 0.6 is 0 Å². The molecule has 2 rings (SSSR count). The van der Waals surface area contributed by atoms with Crippen molar-refractivity contribution in [3.05, 3.63) is 18.1 Å². The molecule has 0 radical (unpaired) electrons. The highest BCUT2D eigenvalue weighted by Crippen LogP contribution is 2.26. The molecule has 1 unspecified atom stereocenters. The highest BCUT2D eigenvalue weighted by molar-refractivity contribution is 7.86. The molecule has 0 spiro atoms. The molecule has 1 aliphatic rings. The third-order valence-electron chi connectivity index (χ3n) is 3.25. The summed E-state index contributed by atoms with van der Waals surface area (Å²) in [6, 6.07) is 1.47. The van der Waals surface area contributed by atoms with Gasteiger partial charge in [0.15, 0.2) is 5.82 Å². The van der Waals surface area contributed by atoms with E-state index >= 15 is 0 Å². The van der Waals surface area contributed by atoms with Crippen LogP contribution < -0.4 is 5.32 Å². The normalized spacial score (nSPS) is 20.5. The van der Waals surface area contributed by atoms with E-state index in [9.17, 15) is 8.42 Å². The van der Waals surface area contributed by atoms with E-state index < -0.39 is 16.3 Å². The number of nitrogens with zero attached hydrogens (tertiary/aromatic N) is 4. The van der Waals surface area contributed by atoms with E-state index in [1.165, 1.54) is 22.7 Å². The second-order valence-corrected chi connectivity index (χ2v) is 7.69. The SMILES string of the molecule is CC(C)Nc1ccnc(C2COCCN2S(=O)(=O)N(C)C)n1. The molecule has 9 heteroatoms. The van der Waals surface area contributed by atoms with Gasteiger partial charge in [0.05, 0.1) is 13.2 Å². The van der Waals surface area contributed by atoms with E-state index in [0.29, 0.717) is 18.2 Å². The van der Waals surface area contributed by atoms with Crippen LogP contribution in [0.15, 0.2) is 12.3 Å². The Morgan fingerprint density at radius 3 is 2.82 bits per heavy atom. The van der Waals surface area contributed by atoms with E-state index in [0.717, 1.165) is 0 Å². The average molecular weight is 329 g/mol. The fourth-order valence-electron chi connectivity index (χ4n) is 2.19. The van der Waals surface area contributed by atoms with Crippen molar-refractivity contribution in [1.82, 2.24) is 18.6 Å². The van der Waals surface area contributed by atoms with Crippen molar-refractivity contribution in [1.29, 1.82) is 0 Å². The monoisotopic (exact) mass is 329 g/mol. The van der Waals surface area contributed by atoms with Gasteiger partial charge >= 0.3 is 0 Å². The predicted octanol–water partition coefficient (Wildman–Crippen LogP) is 0.477. The summed E-state index contributed by atoms with van der Waals surface area (Å²) in [7, 11) is -0.520. The van der Waals surface area contributed by atoms with Crippen molar-refractivity contribution >= 4 is 16.0 Å². The number of ether oxygens (including phenoxy) is 1. The standard InChI is InChI=1S/C13H23N5O3S/c1-10(2)15-12-5-6-14-13(16-12)11-9-21-8-7-18(11)22(19,20)17(3)4/h5-6,10-11H,7-9H2,1-4H3,(H,14,15,16). The van der Waals surface area contributed by atoms with Crippen molar-refractivity contribution in [3.8, 4) is 0 Å². The van der Waals surface area contributed by atoms with Gasteiger partial charge in [-0.2, -0.15) is 17.0 Å². The zero-order valence-corrected chi connectivity index (χ0v) is 14.2. The molecule has 0 aliphatic carbocycles. The first kappa shape index (κ1) is 17.1. The quantitative estimate of drug-likeness (QED) is 0.845. The minimum Gasteiger partial charge on any atom is -0.378 e. The van der Waals surface area contributed by atoms with Crippen LogP contribution in [0.5, 0.6) is 0 Å². The van der Waals surface area contributed by atoms with Gasteiger partial charge in [-0.3, -0.25) is 0 Å². The van der Waals surface area contributed by atoms with Gasteiger partial charge in [-0.15, -0.1) is 0 Å². The topological polar surface area (TPSA) is 87.7 Å². The first-order valence-corrected chi connectivity index (χ1v) is 8.58. The summed E-state index contributed by atoms with van der Waals surface area (Å²) < 4.78 is 32.9. The molecule has 1 aromatic heterocycles. The number of morpholine rings is 1. The van der Waals surface area contributed by atoms with E-state index in [-0.39, 0.29) is 19.2 Å². The summed E-state index contributed by atoms with van der Waals surface area (Å²) in [5, 5.41) is 3.19. The second kappa shape index (κ2) is 6.86. The minimum atomic E-state index is -3.55. The van der Waals surface area contributed by atoms with Crippen molar-refractivity contribution in [2.75, 3.05) is 39.2 Å². The van der Waals surface area contributed by atoms with Crippen LogP contribution in [0.2, 0.25) is 0 Å². The molecular formula is C13H23N5O3S. The van der Waals surface area contributed by atoms with Gasteiger partial charge < -0.3 is 10.1 Å². The highest BCUT2D eigenvalue weighted by Gasteiger charge is 2.37. The number of rotatable bonds is 5. The van der Waals surface area contributed by atoms with Crippen molar-refractivity contribution in [2.45, 2.75) is 25.9 Å². The molecule has 1 fully saturated rings. The maximum Gasteiger partial charge on any atom is 0.282 e. The van der Waals surface area contributed by atoms with Gasteiger partial charge in [0, 0.05) is 32.9 Å². The van der Waals surface area contributed by atoms with Crippen LogP contribution in [0.4, 0.5) is 5.82 Å². The molecular weight excluding hydrogens is 306 g/mol. The molecule has 0 amide bonds. The molecule has 8 nitrogen and oxygen atoms in total. The van der Waals surface area contributed by atoms with Crippen LogP contribution in [0, 0.1) is 0 Å². The third kappa shape index (κ3) is 3.72. The summed E-state index contributed by atoms with van der Waals surface area (Å²) in [6.45, 7) is 4.92. The Labute approximate surface area is 131 Å². The second-order valence-electron chi connectivity index (χ2n) is 5.59. The highest BCUT2D eigenvalue weighted by atomic mass is 32.2. The fourth-order valence-corrected chi connectivity index (χ4v) is 3.39. The Morgan fingerprint density at radius 2 is 2.18 bits per heavy atom. The van der Waals surface area contributed by atoms with Crippen LogP contribution in [0.1, 0.15) is 25.7 Å². The molecule has 1 aliphatic heterocycles. The van der Waals surface area contributed by atoms with Gasteiger partial charge in [0.2, 0.25) is 0 Å². The maximum absolute atomic E-state index is 12.5. The summed E-state index contributed by atoms with van der Waals surface area (Å²) in [5.74, 6) is 1.11. The summed E-state index contributed by atoms with van der Waals surface area (Å²) in [5.41, 5.74) is 0. The average Bonchev–Trinajstić information content (AvgIpc) is 2.46. The van der Waals surface area contributed by atoms with Crippen LogP contribution in [0.25, 0.3) is 0 Å². The van der Waals surface area contributed by atoms with Gasteiger partial charge in [-0.05, 0) is 19.9 Å². The van der Waals surface area contributed by atoms with Crippen LogP contribution in [-0.4, -0.2) is 66.9 Å². The molecule has 124 valence electrons. The van der Waals surface area contributed by atoms with E-state index in [1.54, 1.807) is 12.3 Å². The van der Waals surface area contributed by atoms with Gasteiger partial charge in [-0.1, -0.05) is 0 Å². The number of hydrogen-bond acceptors (Lipinski definition) is 6.